The van der Waals surface area contributed by atoms with Gasteiger partial charge in [0, 0.05) is 12.5 Å². The van der Waals surface area contributed by atoms with E-state index in [0.29, 0.717) is 11.1 Å². The van der Waals surface area contributed by atoms with Crippen molar-refractivity contribution >= 4 is 17.8 Å². The number of benzene rings is 2. The zero-order valence-electron chi connectivity index (χ0n) is 18.4. The fraction of sp³-hybridized carbons (Fsp3) is 0.375. The van der Waals surface area contributed by atoms with Crippen LogP contribution < -0.4 is 5.32 Å². The molecule has 1 amide bonds. The van der Waals surface area contributed by atoms with Crippen LogP contribution in [0.4, 0.5) is 13.2 Å². The summed E-state index contributed by atoms with van der Waals surface area (Å²) in [7, 11) is 1.22. The number of rotatable bonds is 10. The summed E-state index contributed by atoms with van der Waals surface area (Å²) >= 11 is 0. The van der Waals surface area contributed by atoms with Crippen LogP contribution in [0.15, 0.2) is 48.5 Å². The molecule has 6 nitrogen and oxygen atoms in total. The minimum absolute atomic E-state index is 0.0655. The Morgan fingerprint density at radius 1 is 0.970 bits per heavy atom. The van der Waals surface area contributed by atoms with Crippen LogP contribution in [0.5, 0.6) is 0 Å². The Hall–Kier alpha value is -3.36. The largest absolute Gasteiger partial charge is 0.469 e. The first kappa shape index (κ1) is 25.9. The molecule has 0 aromatic heterocycles. The SMILES string of the molecule is CCOC(=O)CC(Cc1ccc(-c2ccccc2C(F)(F)F)cc1)NC(=O)CCC(=O)OC. The van der Waals surface area contributed by atoms with Crippen LogP contribution in [0.2, 0.25) is 0 Å². The number of nitrogens with one attached hydrogen (secondary N) is 1. The summed E-state index contributed by atoms with van der Waals surface area (Å²) in [6.07, 6.45) is -4.50. The summed E-state index contributed by atoms with van der Waals surface area (Å²) in [4.78, 5) is 35.4. The van der Waals surface area contributed by atoms with Crippen LogP contribution in [0.25, 0.3) is 11.1 Å². The molecule has 0 fully saturated rings. The summed E-state index contributed by atoms with van der Waals surface area (Å²) in [5, 5.41) is 2.71. The smallest absolute Gasteiger partial charge is 0.417 e. The second kappa shape index (κ2) is 12.0. The van der Waals surface area contributed by atoms with Gasteiger partial charge in [0.1, 0.15) is 0 Å². The third-order valence-corrected chi connectivity index (χ3v) is 4.85. The van der Waals surface area contributed by atoms with E-state index in [0.717, 1.165) is 6.07 Å². The van der Waals surface area contributed by atoms with Gasteiger partial charge in [-0.1, -0.05) is 42.5 Å². The molecule has 0 aliphatic carbocycles. The van der Waals surface area contributed by atoms with Crippen LogP contribution in [0.3, 0.4) is 0 Å². The molecule has 0 heterocycles. The summed E-state index contributed by atoms with van der Waals surface area (Å²) in [6, 6.07) is 11.2. The van der Waals surface area contributed by atoms with E-state index in [4.69, 9.17) is 4.74 Å². The molecule has 9 heteroatoms. The number of halogens is 3. The van der Waals surface area contributed by atoms with Gasteiger partial charge in [0.05, 0.1) is 32.1 Å². The van der Waals surface area contributed by atoms with Crippen LogP contribution in [-0.4, -0.2) is 37.6 Å². The van der Waals surface area contributed by atoms with E-state index in [1.165, 1.54) is 25.3 Å². The number of esters is 2. The van der Waals surface area contributed by atoms with Crippen LogP contribution in [0.1, 0.15) is 37.3 Å². The average Bonchev–Trinajstić information content (AvgIpc) is 2.77. The highest BCUT2D eigenvalue weighted by Crippen LogP contribution is 2.36. The van der Waals surface area contributed by atoms with Gasteiger partial charge in [-0.25, -0.2) is 0 Å². The van der Waals surface area contributed by atoms with Gasteiger partial charge >= 0.3 is 18.1 Å². The lowest BCUT2D eigenvalue weighted by Crippen LogP contribution is -2.38. The highest BCUT2D eigenvalue weighted by atomic mass is 19.4. The Morgan fingerprint density at radius 3 is 2.24 bits per heavy atom. The third kappa shape index (κ3) is 8.25. The first-order valence-electron chi connectivity index (χ1n) is 10.4. The van der Waals surface area contributed by atoms with E-state index in [9.17, 15) is 27.6 Å². The maximum Gasteiger partial charge on any atom is 0.417 e. The van der Waals surface area contributed by atoms with Gasteiger partial charge in [0.2, 0.25) is 5.91 Å². The van der Waals surface area contributed by atoms with Gasteiger partial charge in [-0.15, -0.1) is 0 Å². The lowest BCUT2D eigenvalue weighted by atomic mass is 9.96. The molecule has 2 rings (SSSR count). The molecule has 33 heavy (non-hydrogen) atoms. The number of carbonyl (C=O) groups excluding carboxylic acids is 3. The monoisotopic (exact) mass is 465 g/mol. The molecule has 178 valence electrons. The minimum atomic E-state index is -4.48. The lowest BCUT2D eigenvalue weighted by Gasteiger charge is -2.19. The van der Waals surface area contributed by atoms with Crippen molar-refractivity contribution in [1.82, 2.24) is 5.32 Å². The molecular formula is C24H26F3NO5. The Labute approximate surface area is 190 Å². The van der Waals surface area contributed by atoms with Crippen LogP contribution in [0, 0.1) is 0 Å². The van der Waals surface area contributed by atoms with Crippen molar-refractivity contribution in [3.8, 4) is 11.1 Å². The molecule has 0 bridgehead atoms. The lowest BCUT2D eigenvalue weighted by molar-refractivity contribution is -0.144. The highest BCUT2D eigenvalue weighted by molar-refractivity contribution is 5.82. The molecule has 0 aliphatic heterocycles. The van der Waals surface area contributed by atoms with Crippen molar-refractivity contribution in [3.05, 3.63) is 59.7 Å². The molecular weight excluding hydrogens is 439 g/mol. The summed E-state index contributed by atoms with van der Waals surface area (Å²) in [5.74, 6) is -1.45. The van der Waals surface area contributed by atoms with Crippen molar-refractivity contribution in [2.24, 2.45) is 0 Å². The van der Waals surface area contributed by atoms with Gasteiger partial charge in [-0.05, 0) is 36.1 Å². The van der Waals surface area contributed by atoms with Crippen molar-refractivity contribution in [3.63, 3.8) is 0 Å². The molecule has 2 aromatic carbocycles. The molecule has 1 atom stereocenters. The van der Waals surface area contributed by atoms with E-state index in [1.807, 2.05) is 0 Å². The van der Waals surface area contributed by atoms with E-state index < -0.39 is 35.6 Å². The third-order valence-electron chi connectivity index (χ3n) is 4.85. The van der Waals surface area contributed by atoms with E-state index in [1.54, 1.807) is 31.2 Å². The molecule has 1 unspecified atom stereocenters. The Bertz CT molecular complexity index is 957. The van der Waals surface area contributed by atoms with Crippen molar-refractivity contribution in [1.29, 1.82) is 0 Å². The predicted octanol–water partition coefficient (Wildman–Crippen LogP) is 4.31. The Morgan fingerprint density at radius 2 is 1.64 bits per heavy atom. The number of methoxy groups -OCH3 is 1. The maximum absolute atomic E-state index is 13.3. The van der Waals surface area contributed by atoms with Gasteiger partial charge in [-0.3, -0.25) is 14.4 Å². The van der Waals surface area contributed by atoms with Crippen LogP contribution in [-0.2, 0) is 36.5 Å². The fourth-order valence-electron chi connectivity index (χ4n) is 3.30. The zero-order valence-corrected chi connectivity index (χ0v) is 18.4. The first-order valence-corrected chi connectivity index (χ1v) is 10.4. The second-order valence-electron chi connectivity index (χ2n) is 7.29. The first-order chi connectivity index (χ1) is 15.6. The van der Waals surface area contributed by atoms with Gasteiger partial charge in [0.25, 0.3) is 0 Å². The van der Waals surface area contributed by atoms with Crippen molar-refractivity contribution < 1.29 is 37.0 Å². The van der Waals surface area contributed by atoms with Gasteiger partial charge in [0.15, 0.2) is 0 Å². The summed E-state index contributed by atoms with van der Waals surface area (Å²) in [6.45, 7) is 1.86. The van der Waals surface area contributed by atoms with Crippen molar-refractivity contribution in [2.75, 3.05) is 13.7 Å². The number of carbonyl (C=O) groups is 3. The Balaban J connectivity index is 2.15. The minimum Gasteiger partial charge on any atom is -0.469 e. The van der Waals surface area contributed by atoms with Gasteiger partial charge in [-0.2, -0.15) is 13.2 Å². The number of ether oxygens (including phenoxy) is 2. The van der Waals surface area contributed by atoms with E-state index >= 15 is 0 Å². The number of hydrogen-bond acceptors (Lipinski definition) is 5. The molecule has 0 aliphatic rings. The summed E-state index contributed by atoms with van der Waals surface area (Å²) < 4.78 is 49.4. The quantitative estimate of drug-likeness (QED) is 0.529. The standard InChI is InChI=1S/C24H26F3NO5/c1-3-33-23(31)15-18(28-21(29)12-13-22(30)32-2)14-16-8-10-17(11-9-16)19-6-4-5-7-20(19)24(25,26)27/h4-11,18H,3,12-15H2,1-2H3,(H,28,29). The molecule has 0 spiro atoms. The molecule has 2 aromatic rings. The number of hydrogen-bond donors (Lipinski definition) is 1. The topological polar surface area (TPSA) is 81.7 Å². The predicted molar refractivity (Wildman–Crippen MR) is 115 cm³/mol. The van der Waals surface area contributed by atoms with Gasteiger partial charge < -0.3 is 14.8 Å². The number of amides is 1. The average molecular weight is 465 g/mol. The van der Waals surface area contributed by atoms with Crippen molar-refractivity contribution in [2.45, 2.75) is 44.8 Å². The molecule has 1 N–H and O–H groups in total. The highest BCUT2D eigenvalue weighted by Gasteiger charge is 2.33. The molecule has 0 radical (unpaired) electrons. The maximum atomic E-state index is 13.3. The summed E-state index contributed by atoms with van der Waals surface area (Å²) in [5.41, 5.74) is 0.452. The van der Waals surface area contributed by atoms with E-state index in [-0.39, 0.29) is 37.9 Å². The zero-order chi connectivity index (χ0) is 24.4. The second-order valence-corrected chi connectivity index (χ2v) is 7.29. The Kier molecular flexibility index (Phi) is 9.44. The molecule has 0 saturated carbocycles. The molecule has 0 saturated heterocycles. The number of alkyl halides is 3. The fourth-order valence-corrected chi connectivity index (χ4v) is 3.30. The van der Waals surface area contributed by atoms with Crippen LogP contribution >= 0.6 is 0 Å². The normalized spacial score (nSPS) is 12.0. The van der Waals surface area contributed by atoms with E-state index in [2.05, 4.69) is 10.1 Å².